The van der Waals surface area contributed by atoms with E-state index in [0.717, 1.165) is 28.9 Å². The predicted molar refractivity (Wildman–Crippen MR) is 100 cm³/mol. The number of nitrogens with one attached hydrogen (secondary N) is 2. The second-order valence-corrected chi connectivity index (χ2v) is 6.84. The standard InChI is InChI=1S/C20H20N4O3/c1-21-5-3-4-12-6-15-17(23-10-12)24-19(26)20(15)8-13-7-14(18(25)27-2)11-22-16(13)9-20/h3-4,6-7,10-11,21H,5,8-9H2,1-2H3,(H,23,24,26)/b4-3+/t20-/m0/s1. The molecule has 0 saturated carbocycles. The van der Waals surface area contributed by atoms with Gasteiger partial charge in [-0.05, 0) is 36.7 Å². The molecule has 27 heavy (non-hydrogen) atoms. The first-order chi connectivity index (χ1) is 13.1. The highest BCUT2D eigenvalue weighted by molar-refractivity contribution is 6.06. The van der Waals surface area contributed by atoms with E-state index in [9.17, 15) is 9.59 Å². The van der Waals surface area contributed by atoms with Crippen molar-refractivity contribution < 1.29 is 14.3 Å². The van der Waals surface area contributed by atoms with Gasteiger partial charge in [-0.3, -0.25) is 9.78 Å². The van der Waals surface area contributed by atoms with Gasteiger partial charge in [-0.15, -0.1) is 0 Å². The van der Waals surface area contributed by atoms with Crippen LogP contribution in [0.5, 0.6) is 0 Å². The summed E-state index contributed by atoms with van der Waals surface area (Å²) in [7, 11) is 3.22. The van der Waals surface area contributed by atoms with Crippen molar-refractivity contribution in [1.29, 1.82) is 0 Å². The smallest absolute Gasteiger partial charge is 0.339 e. The lowest BCUT2D eigenvalue weighted by Gasteiger charge is -2.20. The van der Waals surface area contributed by atoms with Crippen molar-refractivity contribution in [1.82, 2.24) is 15.3 Å². The number of anilines is 1. The number of carbonyl (C=O) groups is 2. The highest BCUT2D eigenvalue weighted by atomic mass is 16.5. The average molecular weight is 364 g/mol. The third-order valence-electron chi connectivity index (χ3n) is 5.17. The lowest BCUT2D eigenvalue weighted by molar-refractivity contribution is -0.120. The Kier molecular flexibility index (Phi) is 4.24. The van der Waals surface area contributed by atoms with Crippen molar-refractivity contribution in [3.05, 3.63) is 58.6 Å². The third-order valence-corrected chi connectivity index (χ3v) is 5.17. The average Bonchev–Trinajstić information content (AvgIpc) is 3.19. The van der Waals surface area contributed by atoms with Gasteiger partial charge in [0.05, 0.1) is 18.1 Å². The Morgan fingerprint density at radius 3 is 2.96 bits per heavy atom. The Bertz CT molecular complexity index is 970. The van der Waals surface area contributed by atoms with Gasteiger partial charge < -0.3 is 15.4 Å². The van der Waals surface area contributed by atoms with E-state index in [0.29, 0.717) is 24.2 Å². The summed E-state index contributed by atoms with van der Waals surface area (Å²) in [6, 6.07) is 3.79. The maximum Gasteiger partial charge on any atom is 0.339 e. The van der Waals surface area contributed by atoms with Crippen molar-refractivity contribution >= 4 is 23.8 Å². The van der Waals surface area contributed by atoms with Crippen LogP contribution in [-0.4, -0.2) is 42.5 Å². The van der Waals surface area contributed by atoms with Crippen LogP contribution in [0, 0.1) is 0 Å². The van der Waals surface area contributed by atoms with Crippen LogP contribution >= 0.6 is 0 Å². The first-order valence-corrected chi connectivity index (χ1v) is 8.76. The highest BCUT2D eigenvalue weighted by Gasteiger charge is 2.51. The number of hydrogen-bond acceptors (Lipinski definition) is 6. The second-order valence-electron chi connectivity index (χ2n) is 6.84. The molecule has 138 valence electrons. The summed E-state index contributed by atoms with van der Waals surface area (Å²) in [4.78, 5) is 33.5. The topological polar surface area (TPSA) is 93.2 Å². The molecule has 0 saturated heterocycles. The first kappa shape index (κ1) is 17.4. The molecule has 1 atom stereocenters. The maximum absolute atomic E-state index is 12.9. The minimum Gasteiger partial charge on any atom is -0.465 e. The van der Waals surface area contributed by atoms with E-state index >= 15 is 0 Å². The van der Waals surface area contributed by atoms with Gasteiger partial charge in [0.15, 0.2) is 0 Å². The number of aromatic nitrogens is 2. The molecule has 0 aromatic carbocycles. The molecule has 0 radical (unpaired) electrons. The van der Waals surface area contributed by atoms with Crippen molar-refractivity contribution in [3.63, 3.8) is 0 Å². The number of methoxy groups -OCH3 is 1. The minimum absolute atomic E-state index is 0.0704. The molecule has 2 aliphatic rings. The fourth-order valence-corrected chi connectivity index (χ4v) is 3.80. The molecule has 7 nitrogen and oxygen atoms in total. The van der Waals surface area contributed by atoms with Crippen LogP contribution in [0.1, 0.15) is 32.7 Å². The molecular formula is C20H20N4O3. The Balaban J connectivity index is 1.71. The van der Waals surface area contributed by atoms with Crippen LogP contribution < -0.4 is 10.6 Å². The number of ether oxygens (including phenoxy) is 1. The van der Waals surface area contributed by atoms with E-state index in [1.807, 2.05) is 25.3 Å². The van der Waals surface area contributed by atoms with Gasteiger partial charge >= 0.3 is 5.97 Å². The number of fused-ring (bicyclic) bond motifs is 3. The zero-order chi connectivity index (χ0) is 19.0. The lowest BCUT2D eigenvalue weighted by atomic mass is 9.79. The summed E-state index contributed by atoms with van der Waals surface area (Å²) in [6.45, 7) is 0.755. The number of amides is 1. The fourth-order valence-electron chi connectivity index (χ4n) is 3.80. The third kappa shape index (κ3) is 2.80. The molecule has 2 aromatic heterocycles. The monoisotopic (exact) mass is 364 g/mol. The Morgan fingerprint density at radius 1 is 1.33 bits per heavy atom. The van der Waals surface area contributed by atoms with Crippen molar-refractivity contribution in [2.24, 2.45) is 0 Å². The molecule has 4 rings (SSSR count). The van der Waals surface area contributed by atoms with Crippen LogP contribution in [0.15, 0.2) is 30.6 Å². The van der Waals surface area contributed by atoms with Gasteiger partial charge in [-0.25, -0.2) is 9.78 Å². The molecule has 3 heterocycles. The zero-order valence-corrected chi connectivity index (χ0v) is 15.2. The summed E-state index contributed by atoms with van der Waals surface area (Å²) < 4.78 is 4.77. The van der Waals surface area contributed by atoms with Crippen LogP contribution in [-0.2, 0) is 27.8 Å². The van der Waals surface area contributed by atoms with Gasteiger partial charge in [0.2, 0.25) is 5.91 Å². The quantitative estimate of drug-likeness (QED) is 0.799. The molecule has 1 aliphatic carbocycles. The summed E-state index contributed by atoms with van der Waals surface area (Å²) in [5, 5.41) is 5.96. The van der Waals surface area contributed by atoms with Gasteiger partial charge in [-0.2, -0.15) is 0 Å². The molecule has 2 aromatic rings. The van der Waals surface area contributed by atoms with Crippen LogP contribution in [0.3, 0.4) is 0 Å². The molecule has 7 heteroatoms. The lowest BCUT2D eigenvalue weighted by Crippen LogP contribution is -2.35. The maximum atomic E-state index is 12.9. The van der Waals surface area contributed by atoms with E-state index in [-0.39, 0.29) is 5.91 Å². The zero-order valence-electron chi connectivity index (χ0n) is 15.2. The highest BCUT2D eigenvalue weighted by Crippen LogP contribution is 2.46. The number of likely N-dealkylation sites (N-methyl/N-ethyl adjacent to an activating group) is 1. The largest absolute Gasteiger partial charge is 0.465 e. The van der Waals surface area contributed by atoms with E-state index in [1.54, 1.807) is 12.3 Å². The Morgan fingerprint density at radius 2 is 2.19 bits per heavy atom. The number of rotatable bonds is 4. The predicted octanol–water partition coefficient (Wildman–Crippen LogP) is 1.48. The van der Waals surface area contributed by atoms with E-state index in [2.05, 4.69) is 20.6 Å². The molecule has 0 fully saturated rings. The fraction of sp³-hybridized carbons (Fsp3) is 0.300. The van der Waals surface area contributed by atoms with E-state index in [1.165, 1.54) is 13.3 Å². The van der Waals surface area contributed by atoms with Crippen molar-refractivity contribution in [3.8, 4) is 0 Å². The number of hydrogen-bond donors (Lipinski definition) is 2. The summed E-state index contributed by atoms with van der Waals surface area (Å²) >= 11 is 0. The molecule has 0 unspecified atom stereocenters. The molecular weight excluding hydrogens is 344 g/mol. The number of carbonyl (C=O) groups excluding carboxylic acids is 2. The van der Waals surface area contributed by atoms with Crippen molar-refractivity contribution in [2.75, 3.05) is 26.0 Å². The van der Waals surface area contributed by atoms with Gasteiger partial charge in [0.1, 0.15) is 5.82 Å². The van der Waals surface area contributed by atoms with Gasteiger partial charge in [0, 0.05) is 36.6 Å². The Labute approximate surface area is 156 Å². The summed E-state index contributed by atoms with van der Waals surface area (Å²) in [5.74, 6) is 0.104. The van der Waals surface area contributed by atoms with Crippen molar-refractivity contribution in [2.45, 2.75) is 18.3 Å². The molecule has 0 bridgehead atoms. The Hall–Kier alpha value is -3.06. The van der Waals surface area contributed by atoms with Gasteiger partial charge in [0.25, 0.3) is 0 Å². The molecule has 1 spiro atoms. The first-order valence-electron chi connectivity index (χ1n) is 8.76. The summed E-state index contributed by atoms with van der Waals surface area (Å²) in [5.41, 5.74) is 3.24. The molecule has 1 aliphatic heterocycles. The second kappa shape index (κ2) is 6.59. The normalized spacial score (nSPS) is 20.0. The number of esters is 1. The van der Waals surface area contributed by atoms with Crippen LogP contribution in [0.25, 0.3) is 6.08 Å². The minimum atomic E-state index is -0.723. The van der Waals surface area contributed by atoms with Crippen LogP contribution in [0.2, 0.25) is 0 Å². The SMILES string of the molecule is CNC/C=C/c1cnc2c(c1)[C@@]1(Cc3cc(C(=O)OC)cnc3C1)C(=O)N2. The summed E-state index contributed by atoms with van der Waals surface area (Å²) in [6.07, 6.45) is 8.23. The van der Waals surface area contributed by atoms with E-state index < -0.39 is 11.4 Å². The van der Waals surface area contributed by atoms with E-state index in [4.69, 9.17) is 4.74 Å². The molecule has 2 N–H and O–H groups in total. The number of nitrogens with zero attached hydrogens (tertiary/aromatic N) is 2. The number of pyridine rings is 2. The molecule has 1 amide bonds. The van der Waals surface area contributed by atoms with Gasteiger partial charge in [-0.1, -0.05) is 12.2 Å². The van der Waals surface area contributed by atoms with Crippen LogP contribution in [0.4, 0.5) is 5.82 Å².